The van der Waals surface area contributed by atoms with Crippen molar-refractivity contribution in [1.82, 2.24) is 9.47 Å². The van der Waals surface area contributed by atoms with Crippen molar-refractivity contribution in [2.45, 2.75) is 13.8 Å². The number of aromatic nitrogens is 1. The fourth-order valence-electron chi connectivity index (χ4n) is 2.89. The smallest absolute Gasteiger partial charge is 0.325 e. The van der Waals surface area contributed by atoms with Crippen LogP contribution in [0.5, 0.6) is 0 Å². The summed E-state index contributed by atoms with van der Waals surface area (Å²) in [5.74, 6) is -1.11. The number of halogens is 1. The van der Waals surface area contributed by atoms with Crippen LogP contribution >= 0.6 is 34.4 Å². The number of hydrogen-bond donors (Lipinski definition) is 0. The molecule has 1 aliphatic heterocycles. The number of carbonyl (C=O) groups excluding carboxylic acids is 3. The van der Waals surface area contributed by atoms with Crippen LogP contribution in [0.2, 0.25) is 0 Å². The molecule has 1 saturated heterocycles. The molecule has 2 aromatic rings. The van der Waals surface area contributed by atoms with Gasteiger partial charge in [-0.25, -0.2) is 0 Å². The largest absolute Gasteiger partial charge is 0.468 e. The third-order valence-corrected chi connectivity index (χ3v) is 5.86. The molecule has 1 aliphatic rings. The molecule has 3 rings (SSSR count). The molecular weight excluding hydrogens is 479 g/mol. The molecule has 2 heterocycles. The Balaban J connectivity index is 1.93. The van der Waals surface area contributed by atoms with Gasteiger partial charge in [0.05, 0.1) is 12.0 Å². The number of nitrogens with zero attached hydrogens (tertiary/aromatic N) is 2. The van der Waals surface area contributed by atoms with Gasteiger partial charge in [0.25, 0.3) is 11.1 Å². The van der Waals surface area contributed by atoms with Gasteiger partial charge < -0.3 is 9.30 Å². The minimum absolute atomic E-state index is 0.298. The lowest BCUT2D eigenvalue weighted by atomic mass is 10.2. The predicted octanol–water partition coefficient (Wildman–Crippen LogP) is 3.91. The lowest BCUT2D eigenvalue weighted by molar-refractivity contribution is -0.143. The summed E-state index contributed by atoms with van der Waals surface area (Å²) in [7, 11) is 1.22. The van der Waals surface area contributed by atoms with Crippen molar-refractivity contribution >= 4 is 57.5 Å². The third-order valence-electron chi connectivity index (χ3n) is 4.23. The van der Waals surface area contributed by atoms with Crippen LogP contribution in [0.15, 0.2) is 35.2 Å². The van der Waals surface area contributed by atoms with Gasteiger partial charge in [-0.1, -0.05) is 0 Å². The van der Waals surface area contributed by atoms with Crippen molar-refractivity contribution in [2.75, 3.05) is 13.7 Å². The molecule has 1 aromatic carbocycles. The summed E-state index contributed by atoms with van der Waals surface area (Å²) in [6.45, 7) is 3.58. The molecule has 6 nitrogen and oxygen atoms in total. The van der Waals surface area contributed by atoms with Crippen LogP contribution in [0.25, 0.3) is 11.8 Å². The molecule has 1 fully saturated rings. The van der Waals surface area contributed by atoms with E-state index in [-0.39, 0.29) is 6.54 Å². The number of methoxy groups -OCH3 is 1. The Kier molecular flexibility index (Phi) is 5.75. The zero-order valence-electron chi connectivity index (χ0n) is 15.0. The summed E-state index contributed by atoms with van der Waals surface area (Å²) >= 11 is 3.09. The topological polar surface area (TPSA) is 68.6 Å². The van der Waals surface area contributed by atoms with Crippen molar-refractivity contribution in [1.29, 1.82) is 0 Å². The molecular formula is C19H17IN2O4S. The van der Waals surface area contributed by atoms with Crippen molar-refractivity contribution in [3.8, 4) is 5.69 Å². The minimum atomic E-state index is -0.629. The van der Waals surface area contributed by atoms with Crippen LogP contribution in [-0.2, 0) is 14.3 Å². The van der Waals surface area contributed by atoms with Crippen LogP contribution in [0.3, 0.4) is 0 Å². The Bertz CT molecular complexity index is 963. The van der Waals surface area contributed by atoms with Gasteiger partial charge in [0.2, 0.25) is 0 Å². The van der Waals surface area contributed by atoms with Crippen molar-refractivity contribution in [3.05, 3.63) is 55.8 Å². The fraction of sp³-hybridized carbons (Fsp3) is 0.211. The molecule has 0 N–H and O–H groups in total. The second-order valence-corrected chi connectivity index (χ2v) is 8.22. The Labute approximate surface area is 174 Å². The molecule has 1 aromatic heterocycles. The fourth-order valence-corrected chi connectivity index (χ4v) is 4.08. The van der Waals surface area contributed by atoms with Gasteiger partial charge in [-0.2, -0.15) is 0 Å². The quantitative estimate of drug-likeness (QED) is 0.365. The van der Waals surface area contributed by atoms with Gasteiger partial charge in [0, 0.05) is 20.6 Å². The van der Waals surface area contributed by atoms with Gasteiger partial charge >= 0.3 is 5.97 Å². The molecule has 140 valence electrons. The number of esters is 1. The van der Waals surface area contributed by atoms with E-state index in [4.69, 9.17) is 0 Å². The van der Waals surface area contributed by atoms with E-state index < -0.39 is 17.1 Å². The SMILES string of the molecule is COC(=O)CN1C(=O)S/C(=C\c2cc(C)n(-c3ccc(I)cc3)c2C)C1=O. The van der Waals surface area contributed by atoms with Crippen molar-refractivity contribution < 1.29 is 19.1 Å². The zero-order valence-corrected chi connectivity index (χ0v) is 18.0. The Hall–Kier alpha value is -2.07. The zero-order chi connectivity index (χ0) is 19.7. The van der Waals surface area contributed by atoms with Gasteiger partial charge in [0.15, 0.2) is 0 Å². The van der Waals surface area contributed by atoms with Crippen LogP contribution in [0.1, 0.15) is 17.0 Å². The van der Waals surface area contributed by atoms with E-state index in [1.807, 2.05) is 44.2 Å². The van der Waals surface area contributed by atoms with Crippen molar-refractivity contribution in [3.63, 3.8) is 0 Å². The normalized spacial score (nSPS) is 15.7. The van der Waals surface area contributed by atoms with E-state index in [0.29, 0.717) is 4.91 Å². The average Bonchev–Trinajstić information content (AvgIpc) is 3.06. The summed E-state index contributed by atoms with van der Waals surface area (Å²) in [6.07, 6.45) is 1.70. The molecule has 0 unspecified atom stereocenters. The number of ether oxygens (including phenoxy) is 1. The average molecular weight is 496 g/mol. The van der Waals surface area contributed by atoms with Gasteiger partial charge in [-0.3, -0.25) is 19.3 Å². The predicted molar refractivity (Wildman–Crippen MR) is 113 cm³/mol. The number of amides is 2. The lowest BCUT2D eigenvalue weighted by Gasteiger charge is -2.10. The summed E-state index contributed by atoms with van der Waals surface area (Å²) in [5, 5.41) is -0.469. The number of benzene rings is 1. The first-order valence-corrected chi connectivity index (χ1v) is 9.98. The number of imide groups is 1. The van der Waals surface area contributed by atoms with E-state index in [2.05, 4.69) is 31.9 Å². The van der Waals surface area contributed by atoms with Gasteiger partial charge in [0.1, 0.15) is 6.54 Å². The van der Waals surface area contributed by atoms with Crippen molar-refractivity contribution in [2.24, 2.45) is 0 Å². The van der Waals surface area contributed by atoms with E-state index in [1.54, 1.807) is 6.08 Å². The Morgan fingerprint density at radius 2 is 1.89 bits per heavy atom. The van der Waals surface area contributed by atoms with Crippen LogP contribution in [0, 0.1) is 17.4 Å². The molecule has 0 radical (unpaired) electrons. The standard InChI is InChI=1S/C19H17IN2O4S/c1-11-8-13(12(2)22(11)15-6-4-14(20)5-7-15)9-16-18(24)21(19(25)27-16)10-17(23)26-3/h4-9H,10H2,1-3H3/b16-9-. The lowest BCUT2D eigenvalue weighted by Crippen LogP contribution is -2.34. The second kappa shape index (κ2) is 7.89. The molecule has 0 atom stereocenters. The highest BCUT2D eigenvalue weighted by Gasteiger charge is 2.36. The summed E-state index contributed by atoms with van der Waals surface area (Å²) in [4.78, 5) is 37.2. The Morgan fingerprint density at radius 1 is 1.22 bits per heavy atom. The number of thioether (sulfide) groups is 1. The van der Waals surface area contributed by atoms with Crippen LogP contribution in [-0.4, -0.2) is 40.2 Å². The monoisotopic (exact) mass is 496 g/mol. The van der Waals surface area contributed by atoms with E-state index in [9.17, 15) is 14.4 Å². The third kappa shape index (κ3) is 3.96. The molecule has 27 heavy (non-hydrogen) atoms. The number of aryl methyl sites for hydroxylation is 1. The molecule has 0 spiro atoms. The van der Waals surface area contributed by atoms with Gasteiger partial charge in [-0.05, 0) is 90.2 Å². The number of hydrogen-bond acceptors (Lipinski definition) is 5. The highest BCUT2D eigenvalue weighted by Crippen LogP contribution is 2.33. The highest BCUT2D eigenvalue weighted by molar-refractivity contribution is 14.1. The first-order chi connectivity index (χ1) is 12.8. The number of carbonyl (C=O) groups is 3. The van der Waals surface area contributed by atoms with Crippen LogP contribution < -0.4 is 0 Å². The molecule has 8 heteroatoms. The van der Waals surface area contributed by atoms with E-state index in [1.165, 1.54) is 7.11 Å². The maximum atomic E-state index is 12.5. The molecule has 0 aliphatic carbocycles. The Morgan fingerprint density at radius 3 is 2.52 bits per heavy atom. The van der Waals surface area contributed by atoms with E-state index >= 15 is 0 Å². The van der Waals surface area contributed by atoms with E-state index in [0.717, 1.165) is 42.9 Å². The second-order valence-electron chi connectivity index (χ2n) is 5.98. The summed E-state index contributed by atoms with van der Waals surface area (Å²) < 4.78 is 7.79. The maximum absolute atomic E-state index is 12.5. The molecule has 0 saturated carbocycles. The number of rotatable bonds is 4. The summed E-state index contributed by atoms with van der Waals surface area (Å²) in [5.41, 5.74) is 3.88. The first kappa shape index (κ1) is 19.7. The minimum Gasteiger partial charge on any atom is -0.468 e. The van der Waals surface area contributed by atoms with Crippen LogP contribution in [0.4, 0.5) is 4.79 Å². The maximum Gasteiger partial charge on any atom is 0.325 e. The molecule has 0 bridgehead atoms. The highest BCUT2D eigenvalue weighted by atomic mass is 127. The van der Waals surface area contributed by atoms with Gasteiger partial charge in [-0.15, -0.1) is 0 Å². The summed E-state index contributed by atoms with van der Waals surface area (Å²) in [6, 6.07) is 10.1. The first-order valence-electron chi connectivity index (χ1n) is 8.09. The molecule has 2 amide bonds.